The van der Waals surface area contributed by atoms with Gasteiger partial charge in [-0.25, -0.2) is 0 Å². The van der Waals surface area contributed by atoms with Crippen LogP contribution < -0.4 is 0 Å². The highest BCUT2D eigenvalue weighted by atomic mass is 79.9. The SMILES string of the molecule is O=C(O)CCCC=CC#CC=CCCCCC#CC=CBr. The van der Waals surface area contributed by atoms with Crippen LogP contribution in [0.25, 0.3) is 0 Å². The van der Waals surface area contributed by atoms with E-state index in [4.69, 9.17) is 5.11 Å². The van der Waals surface area contributed by atoms with E-state index in [1.54, 1.807) is 17.1 Å². The Labute approximate surface area is 136 Å². The third kappa shape index (κ3) is 18.3. The third-order valence-electron chi connectivity index (χ3n) is 2.42. The van der Waals surface area contributed by atoms with Crippen LogP contribution >= 0.6 is 15.9 Å². The maximum atomic E-state index is 10.3. The summed E-state index contributed by atoms with van der Waals surface area (Å²) >= 11 is 3.16. The van der Waals surface area contributed by atoms with E-state index in [1.807, 2.05) is 12.2 Å². The van der Waals surface area contributed by atoms with Gasteiger partial charge in [0.05, 0.1) is 0 Å². The Balaban J connectivity index is 3.52. The van der Waals surface area contributed by atoms with Gasteiger partial charge in [-0.1, -0.05) is 51.8 Å². The molecule has 0 aliphatic rings. The molecule has 3 heteroatoms. The Kier molecular flexibility index (Phi) is 15.0. The quantitative estimate of drug-likeness (QED) is 0.503. The minimum atomic E-state index is -0.747. The smallest absolute Gasteiger partial charge is 0.303 e. The molecule has 0 aromatic heterocycles. The molecule has 0 unspecified atom stereocenters. The second-order valence-electron chi connectivity index (χ2n) is 4.24. The maximum Gasteiger partial charge on any atom is 0.303 e. The molecule has 0 saturated heterocycles. The zero-order chi connectivity index (χ0) is 15.6. The number of rotatable bonds is 8. The Morgan fingerprint density at radius 2 is 1.62 bits per heavy atom. The standard InChI is InChI=1S/C18H21BrO2/c19-17-15-13-11-9-7-5-3-1-2-4-6-8-10-12-14-16-18(20)21/h1-2,8,10,15,17H,3,5,7,9,12,14,16H2,(H,20,21). The largest absolute Gasteiger partial charge is 0.481 e. The van der Waals surface area contributed by atoms with Gasteiger partial charge in [-0.2, -0.15) is 0 Å². The van der Waals surface area contributed by atoms with Crippen molar-refractivity contribution in [2.24, 2.45) is 0 Å². The number of carboxylic acid groups (broad SMARTS) is 1. The monoisotopic (exact) mass is 348 g/mol. The van der Waals surface area contributed by atoms with E-state index in [0.717, 1.165) is 32.1 Å². The van der Waals surface area contributed by atoms with E-state index < -0.39 is 5.97 Å². The summed E-state index contributed by atoms with van der Waals surface area (Å²) < 4.78 is 0. The first-order chi connectivity index (χ1) is 10.3. The van der Waals surface area contributed by atoms with Gasteiger partial charge in [0.1, 0.15) is 0 Å². The Morgan fingerprint density at radius 3 is 2.24 bits per heavy atom. The van der Waals surface area contributed by atoms with Crippen molar-refractivity contribution in [3.63, 3.8) is 0 Å². The molecule has 0 atom stereocenters. The second kappa shape index (κ2) is 16.3. The molecule has 0 aromatic carbocycles. The molecule has 0 heterocycles. The van der Waals surface area contributed by atoms with Gasteiger partial charge in [0, 0.05) is 12.8 Å². The fourth-order valence-electron chi connectivity index (χ4n) is 1.39. The highest BCUT2D eigenvalue weighted by molar-refractivity contribution is 9.11. The summed E-state index contributed by atoms with van der Waals surface area (Å²) in [5, 5.41) is 8.46. The predicted octanol–water partition coefficient (Wildman–Crippen LogP) is 4.83. The lowest BCUT2D eigenvalue weighted by molar-refractivity contribution is -0.137. The van der Waals surface area contributed by atoms with Gasteiger partial charge >= 0.3 is 5.97 Å². The fourth-order valence-corrected chi connectivity index (χ4v) is 1.52. The molecule has 0 saturated carbocycles. The summed E-state index contributed by atoms with van der Waals surface area (Å²) in [6.07, 6.45) is 15.2. The van der Waals surface area contributed by atoms with Crippen molar-refractivity contribution in [3.05, 3.63) is 35.4 Å². The van der Waals surface area contributed by atoms with Crippen molar-refractivity contribution < 1.29 is 9.90 Å². The Bertz CT molecular complexity index is 479. The molecule has 2 nitrogen and oxygen atoms in total. The van der Waals surface area contributed by atoms with Crippen LogP contribution in [0.4, 0.5) is 0 Å². The molecular weight excluding hydrogens is 328 g/mol. The van der Waals surface area contributed by atoms with Crippen LogP contribution in [-0.2, 0) is 4.79 Å². The van der Waals surface area contributed by atoms with Gasteiger partial charge < -0.3 is 5.11 Å². The van der Waals surface area contributed by atoms with Crippen molar-refractivity contribution in [3.8, 4) is 23.7 Å². The van der Waals surface area contributed by atoms with Crippen LogP contribution in [0.1, 0.15) is 44.9 Å². The number of hydrogen-bond acceptors (Lipinski definition) is 1. The summed E-state index contributed by atoms with van der Waals surface area (Å²) in [5.41, 5.74) is 0. The van der Waals surface area contributed by atoms with Crippen molar-refractivity contribution >= 4 is 21.9 Å². The van der Waals surface area contributed by atoms with Crippen LogP contribution in [0.2, 0.25) is 0 Å². The minimum Gasteiger partial charge on any atom is -0.481 e. The van der Waals surface area contributed by atoms with E-state index in [1.165, 1.54) is 0 Å². The summed E-state index contributed by atoms with van der Waals surface area (Å²) in [4.78, 5) is 12.0. The van der Waals surface area contributed by atoms with Gasteiger partial charge in [-0.3, -0.25) is 4.79 Å². The second-order valence-corrected chi connectivity index (χ2v) is 4.77. The van der Waals surface area contributed by atoms with Gasteiger partial charge in [-0.05, 0) is 55.3 Å². The van der Waals surface area contributed by atoms with E-state index in [2.05, 4.69) is 45.7 Å². The van der Waals surface area contributed by atoms with Crippen molar-refractivity contribution in [2.45, 2.75) is 44.9 Å². The van der Waals surface area contributed by atoms with Crippen LogP contribution in [0.3, 0.4) is 0 Å². The lowest BCUT2D eigenvalue weighted by Gasteiger charge is -1.89. The summed E-state index contributed by atoms with van der Waals surface area (Å²) in [7, 11) is 0. The van der Waals surface area contributed by atoms with Crippen LogP contribution in [0.5, 0.6) is 0 Å². The minimum absolute atomic E-state index is 0.217. The van der Waals surface area contributed by atoms with Gasteiger partial charge in [0.25, 0.3) is 0 Å². The third-order valence-corrected chi connectivity index (χ3v) is 2.68. The zero-order valence-electron chi connectivity index (χ0n) is 12.1. The van der Waals surface area contributed by atoms with Crippen LogP contribution in [0, 0.1) is 23.7 Å². The van der Waals surface area contributed by atoms with E-state index in [0.29, 0.717) is 6.42 Å². The predicted molar refractivity (Wildman–Crippen MR) is 91.9 cm³/mol. The van der Waals surface area contributed by atoms with E-state index >= 15 is 0 Å². The number of carboxylic acids is 1. The Hall–Kier alpha value is -1.71. The van der Waals surface area contributed by atoms with Gasteiger partial charge in [-0.15, -0.1) is 0 Å². The van der Waals surface area contributed by atoms with Gasteiger partial charge in [0.2, 0.25) is 0 Å². The molecule has 0 radical (unpaired) electrons. The van der Waals surface area contributed by atoms with Crippen molar-refractivity contribution in [2.75, 3.05) is 0 Å². The first-order valence-electron chi connectivity index (χ1n) is 7.04. The average molecular weight is 349 g/mol. The lowest BCUT2D eigenvalue weighted by Crippen LogP contribution is -1.92. The highest BCUT2D eigenvalue weighted by Gasteiger charge is 1.92. The molecule has 0 rings (SSSR count). The molecule has 21 heavy (non-hydrogen) atoms. The molecule has 0 amide bonds. The number of allylic oxidation sites excluding steroid dienone is 5. The average Bonchev–Trinajstić information content (AvgIpc) is 2.46. The van der Waals surface area contributed by atoms with E-state index in [-0.39, 0.29) is 6.42 Å². The van der Waals surface area contributed by atoms with Crippen LogP contribution in [0.15, 0.2) is 35.4 Å². The van der Waals surface area contributed by atoms with Crippen molar-refractivity contribution in [1.82, 2.24) is 0 Å². The molecule has 0 aliphatic carbocycles. The Morgan fingerprint density at radius 1 is 0.952 bits per heavy atom. The molecule has 0 spiro atoms. The molecule has 1 N–H and O–H groups in total. The number of carbonyl (C=O) groups is 1. The molecular formula is C18H21BrO2. The molecule has 0 fully saturated rings. The van der Waals surface area contributed by atoms with Gasteiger partial charge in [0.15, 0.2) is 0 Å². The molecule has 112 valence electrons. The fraction of sp³-hybridized carbons (Fsp3) is 0.389. The normalized spacial score (nSPS) is 10.5. The molecule has 0 bridgehead atoms. The summed E-state index contributed by atoms with van der Waals surface area (Å²) in [6, 6.07) is 0. The summed E-state index contributed by atoms with van der Waals surface area (Å²) in [5.74, 6) is 11.1. The lowest BCUT2D eigenvalue weighted by atomic mass is 10.2. The number of aliphatic carboxylic acids is 1. The molecule has 0 aliphatic heterocycles. The van der Waals surface area contributed by atoms with E-state index in [9.17, 15) is 4.79 Å². The maximum absolute atomic E-state index is 10.3. The highest BCUT2D eigenvalue weighted by Crippen LogP contribution is 1.99. The first kappa shape index (κ1) is 19.3. The molecule has 0 aromatic rings. The first-order valence-corrected chi connectivity index (χ1v) is 7.95. The summed E-state index contributed by atoms with van der Waals surface area (Å²) in [6.45, 7) is 0. The number of hydrogen-bond donors (Lipinski definition) is 1. The van der Waals surface area contributed by atoms with Crippen molar-refractivity contribution in [1.29, 1.82) is 0 Å². The topological polar surface area (TPSA) is 37.3 Å². The zero-order valence-corrected chi connectivity index (χ0v) is 13.7. The van der Waals surface area contributed by atoms with Crippen LogP contribution in [-0.4, -0.2) is 11.1 Å². The number of halogens is 1. The number of unbranched alkanes of at least 4 members (excludes halogenated alkanes) is 4.